The van der Waals surface area contributed by atoms with Gasteiger partial charge < -0.3 is 15.8 Å². The van der Waals surface area contributed by atoms with Crippen LogP contribution in [0, 0.1) is 0 Å². The second-order valence-corrected chi connectivity index (χ2v) is 9.41. The molecule has 2 amide bonds. The van der Waals surface area contributed by atoms with Crippen LogP contribution in [-0.2, 0) is 20.7 Å². The molecule has 2 aromatic heterocycles. The van der Waals surface area contributed by atoms with Gasteiger partial charge in [0.1, 0.15) is 5.01 Å². The van der Waals surface area contributed by atoms with E-state index in [1.165, 1.54) is 30.4 Å². The summed E-state index contributed by atoms with van der Waals surface area (Å²) in [6, 6.07) is 19.8. The summed E-state index contributed by atoms with van der Waals surface area (Å²) in [6.07, 6.45) is -1.00. The Morgan fingerprint density at radius 1 is 1.03 bits per heavy atom. The number of amides is 2. The molecule has 2 aromatic carbocycles. The lowest BCUT2D eigenvalue weighted by Crippen LogP contribution is -2.30. The number of thiazole rings is 1. The van der Waals surface area contributed by atoms with Crippen LogP contribution in [0.25, 0.3) is 21.1 Å². The van der Waals surface area contributed by atoms with E-state index < -0.39 is 23.9 Å². The Morgan fingerprint density at radius 3 is 2.41 bits per heavy atom. The van der Waals surface area contributed by atoms with Crippen molar-refractivity contribution >= 4 is 46.1 Å². The van der Waals surface area contributed by atoms with Crippen molar-refractivity contribution in [3.05, 3.63) is 82.6 Å². The number of carbonyl (C=O) groups is 3. The van der Waals surface area contributed by atoms with Gasteiger partial charge in [-0.2, -0.15) is 0 Å². The van der Waals surface area contributed by atoms with E-state index in [4.69, 9.17) is 15.5 Å². The number of primary amides is 1. The van der Waals surface area contributed by atoms with Gasteiger partial charge in [0, 0.05) is 21.7 Å². The van der Waals surface area contributed by atoms with Gasteiger partial charge in [0.05, 0.1) is 17.0 Å². The quantitative estimate of drug-likeness (QED) is 0.346. The number of nitrogens with two attached hydrogens (primary N) is 1. The van der Waals surface area contributed by atoms with Crippen molar-refractivity contribution in [3.63, 3.8) is 0 Å². The van der Waals surface area contributed by atoms with Crippen molar-refractivity contribution in [2.45, 2.75) is 19.4 Å². The Hall–Kier alpha value is -3.82. The van der Waals surface area contributed by atoms with E-state index in [9.17, 15) is 14.4 Å². The lowest BCUT2D eigenvalue weighted by atomic mass is 10.2. The Labute approximate surface area is 204 Å². The fourth-order valence-corrected chi connectivity index (χ4v) is 5.04. The van der Waals surface area contributed by atoms with Gasteiger partial charge in [-0.15, -0.1) is 22.7 Å². The van der Waals surface area contributed by atoms with Crippen LogP contribution in [0.15, 0.2) is 72.1 Å². The average molecular weight is 492 g/mol. The van der Waals surface area contributed by atoms with E-state index in [0.717, 1.165) is 26.0 Å². The molecular formula is C25H21N3O4S2. The number of ether oxygens (including phenoxy) is 1. The second kappa shape index (κ2) is 10.4. The molecule has 9 heteroatoms. The van der Waals surface area contributed by atoms with Crippen LogP contribution in [0.4, 0.5) is 5.69 Å². The minimum absolute atomic E-state index is 0.00264. The number of aromatic nitrogens is 1. The van der Waals surface area contributed by atoms with Crippen molar-refractivity contribution in [2.75, 3.05) is 5.32 Å². The molecule has 34 heavy (non-hydrogen) atoms. The van der Waals surface area contributed by atoms with E-state index in [0.29, 0.717) is 11.3 Å². The molecule has 4 aromatic rings. The Kier molecular flexibility index (Phi) is 7.15. The zero-order valence-corrected chi connectivity index (χ0v) is 19.8. The molecular weight excluding hydrogens is 470 g/mol. The number of thiophene rings is 1. The highest BCUT2D eigenvalue weighted by Gasteiger charge is 2.22. The maximum Gasteiger partial charge on any atom is 0.311 e. The zero-order chi connectivity index (χ0) is 24.1. The van der Waals surface area contributed by atoms with E-state index >= 15 is 0 Å². The number of hydrogen-bond acceptors (Lipinski definition) is 7. The molecule has 0 bridgehead atoms. The maximum atomic E-state index is 12.7. The summed E-state index contributed by atoms with van der Waals surface area (Å²) in [6.45, 7) is 1.51. The number of rotatable bonds is 8. The standard InChI is InChI=1S/C25H21N3O4S2/c1-15(24(31)27-18-11-9-16(10-12-18)23(26)30)32-21(29)14-20-22(19-8-5-13-33-19)28-25(34-20)17-6-3-2-4-7-17/h2-13,15H,14H2,1H3,(H2,26,30)(H,27,31). The highest BCUT2D eigenvalue weighted by atomic mass is 32.1. The molecule has 0 aliphatic heterocycles. The molecule has 0 saturated heterocycles. The first-order chi connectivity index (χ1) is 16.4. The number of anilines is 1. The average Bonchev–Trinajstić information content (AvgIpc) is 3.50. The first kappa shape index (κ1) is 23.3. The number of carbonyl (C=O) groups excluding carboxylic acids is 3. The molecule has 0 radical (unpaired) electrons. The Balaban J connectivity index is 1.44. The minimum Gasteiger partial charge on any atom is -0.452 e. The van der Waals surface area contributed by atoms with E-state index in [1.54, 1.807) is 23.5 Å². The van der Waals surface area contributed by atoms with Crippen LogP contribution in [-0.4, -0.2) is 28.9 Å². The molecule has 0 saturated carbocycles. The topological polar surface area (TPSA) is 111 Å². The molecule has 172 valence electrons. The molecule has 2 heterocycles. The number of benzene rings is 2. The smallest absolute Gasteiger partial charge is 0.311 e. The molecule has 4 rings (SSSR count). The fourth-order valence-electron chi connectivity index (χ4n) is 3.17. The van der Waals surface area contributed by atoms with Gasteiger partial charge in [0.2, 0.25) is 5.91 Å². The van der Waals surface area contributed by atoms with Crippen molar-refractivity contribution in [1.29, 1.82) is 0 Å². The summed E-state index contributed by atoms with van der Waals surface area (Å²) in [7, 11) is 0. The van der Waals surface area contributed by atoms with E-state index in [1.807, 2.05) is 47.8 Å². The van der Waals surface area contributed by atoms with Gasteiger partial charge >= 0.3 is 5.97 Å². The molecule has 1 unspecified atom stereocenters. The summed E-state index contributed by atoms with van der Waals surface area (Å²) >= 11 is 2.98. The maximum absolute atomic E-state index is 12.7. The second-order valence-electron chi connectivity index (χ2n) is 7.37. The molecule has 0 aliphatic rings. The monoisotopic (exact) mass is 491 g/mol. The number of hydrogen-bond donors (Lipinski definition) is 2. The lowest BCUT2D eigenvalue weighted by Gasteiger charge is -2.13. The van der Waals surface area contributed by atoms with E-state index in [2.05, 4.69) is 5.32 Å². The van der Waals surface area contributed by atoms with Crippen molar-refractivity contribution in [2.24, 2.45) is 5.73 Å². The third kappa shape index (κ3) is 5.56. The largest absolute Gasteiger partial charge is 0.452 e. The van der Waals surface area contributed by atoms with Gasteiger partial charge in [-0.3, -0.25) is 14.4 Å². The summed E-state index contributed by atoms with van der Waals surface area (Å²) in [5.74, 6) is -1.55. The van der Waals surface area contributed by atoms with Crippen LogP contribution in [0.2, 0.25) is 0 Å². The molecule has 0 aliphatic carbocycles. The highest BCUT2D eigenvalue weighted by molar-refractivity contribution is 7.17. The Morgan fingerprint density at radius 2 is 1.76 bits per heavy atom. The van der Waals surface area contributed by atoms with E-state index in [-0.39, 0.29) is 6.42 Å². The van der Waals surface area contributed by atoms with Gasteiger partial charge in [-0.25, -0.2) is 4.98 Å². The number of nitrogens with one attached hydrogen (secondary N) is 1. The molecule has 3 N–H and O–H groups in total. The van der Waals surface area contributed by atoms with Gasteiger partial charge in [-0.05, 0) is 42.6 Å². The molecule has 0 fully saturated rings. The van der Waals surface area contributed by atoms with Gasteiger partial charge in [0.15, 0.2) is 6.10 Å². The summed E-state index contributed by atoms with van der Waals surface area (Å²) in [4.78, 5) is 42.9. The summed E-state index contributed by atoms with van der Waals surface area (Å²) in [5, 5.41) is 5.44. The third-order valence-electron chi connectivity index (χ3n) is 4.89. The summed E-state index contributed by atoms with van der Waals surface area (Å²) in [5.41, 5.74) is 7.74. The predicted molar refractivity (Wildman–Crippen MR) is 134 cm³/mol. The van der Waals surface area contributed by atoms with Crippen LogP contribution in [0.3, 0.4) is 0 Å². The van der Waals surface area contributed by atoms with Crippen molar-refractivity contribution in [3.8, 4) is 21.1 Å². The minimum atomic E-state index is -1.00. The summed E-state index contributed by atoms with van der Waals surface area (Å²) < 4.78 is 5.39. The fraction of sp³-hybridized carbons (Fsp3) is 0.120. The predicted octanol–water partition coefficient (Wildman–Crippen LogP) is 4.75. The Bertz CT molecular complexity index is 1300. The van der Waals surface area contributed by atoms with Crippen LogP contribution >= 0.6 is 22.7 Å². The van der Waals surface area contributed by atoms with Gasteiger partial charge in [0.25, 0.3) is 5.91 Å². The molecule has 1 atom stereocenters. The van der Waals surface area contributed by atoms with Crippen LogP contribution < -0.4 is 11.1 Å². The van der Waals surface area contributed by atoms with Gasteiger partial charge in [-0.1, -0.05) is 36.4 Å². The lowest BCUT2D eigenvalue weighted by molar-refractivity contribution is -0.152. The van der Waals surface area contributed by atoms with Crippen molar-refractivity contribution < 1.29 is 19.1 Å². The number of nitrogens with zero attached hydrogens (tertiary/aromatic N) is 1. The first-order valence-electron chi connectivity index (χ1n) is 10.4. The van der Waals surface area contributed by atoms with Crippen LogP contribution in [0.1, 0.15) is 22.2 Å². The molecule has 0 spiro atoms. The van der Waals surface area contributed by atoms with Crippen LogP contribution in [0.5, 0.6) is 0 Å². The normalized spacial score (nSPS) is 11.6. The number of esters is 1. The zero-order valence-electron chi connectivity index (χ0n) is 18.2. The SMILES string of the molecule is CC(OC(=O)Cc1sc(-c2ccccc2)nc1-c1cccs1)C(=O)Nc1ccc(C(N)=O)cc1. The first-order valence-corrected chi connectivity index (χ1v) is 12.1. The van der Waals surface area contributed by atoms with Crippen molar-refractivity contribution in [1.82, 2.24) is 4.98 Å². The highest BCUT2D eigenvalue weighted by Crippen LogP contribution is 2.36. The molecule has 7 nitrogen and oxygen atoms in total. The third-order valence-corrected chi connectivity index (χ3v) is 6.87.